The van der Waals surface area contributed by atoms with E-state index < -0.39 is 0 Å². The van der Waals surface area contributed by atoms with Crippen molar-refractivity contribution in [2.24, 2.45) is 4.99 Å². The lowest BCUT2D eigenvalue weighted by Gasteiger charge is -2.30. The minimum atomic E-state index is -0.143. The molecule has 3 aromatic carbocycles. The molecule has 1 atom stereocenters. The molecule has 0 fully saturated rings. The maximum atomic E-state index is 13.8. The number of rotatable bonds is 3. The van der Waals surface area contributed by atoms with Crippen LogP contribution in [0, 0.1) is 6.92 Å². The fraction of sp³-hybridized carbons (Fsp3) is 0.172. The van der Waals surface area contributed by atoms with Gasteiger partial charge < -0.3 is 4.74 Å². The molecule has 5 heteroatoms. The second-order valence-electron chi connectivity index (χ2n) is 8.75. The smallest absolute Gasteiger partial charge is 0.271 e. The van der Waals surface area contributed by atoms with Crippen LogP contribution >= 0.6 is 11.3 Å². The standard InChI is InChI=1S/C29H24N2O2S/c1-18-12-13-19(16-24(18)33-2)17-25-28(32)31-27(21-9-4-3-5-10-21)23-15-14-20-8-6-7-11-22(20)26(23)30-29(31)34-25/h3-13,16-17,27H,14-15H2,1-2H3/b25-17+/t27-/m1/s1. The first-order valence-corrected chi connectivity index (χ1v) is 12.3. The van der Waals surface area contributed by atoms with Gasteiger partial charge in [0.2, 0.25) is 0 Å². The first-order chi connectivity index (χ1) is 16.6. The maximum absolute atomic E-state index is 13.8. The molecular formula is C29H24N2O2S. The molecule has 0 amide bonds. The Balaban J connectivity index is 1.60. The molecule has 0 unspecified atom stereocenters. The van der Waals surface area contributed by atoms with Gasteiger partial charge in [-0.3, -0.25) is 9.36 Å². The Labute approximate surface area is 201 Å². The monoisotopic (exact) mass is 464 g/mol. The van der Waals surface area contributed by atoms with Crippen LogP contribution < -0.4 is 19.6 Å². The van der Waals surface area contributed by atoms with Crippen molar-refractivity contribution in [1.29, 1.82) is 0 Å². The summed E-state index contributed by atoms with van der Waals surface area (Å²) in [5.74, 6) is 0.816. The number of benzene rings is 3. The van der Waals surface area contributed by atoms with Gasteiger partial charge in [-0.25, -0.2) is 4.99 Å². The number of fused-ring (bicyclic) bond motifs is 3. The minimum Gasteiger partial charge on any atom is -0.496 e. The SMILES string of the molecule is COc1cc(/C=c2/sc3n(c2=O)[C@H](c2ccccc2)C2=C(N=3)c3ccccc3CC2)ccc1C. The number of nitrogens with zero attached hydrogens (tertiary/aromatic N) is 2. The van der Waals surface area contributed by atoms with E-state index in [1.165, 1.54) is 28.0 Å². The van der Waals surface area contributed by atoms with Gasteiger partial charge in [-0.1, -0.05) is 78.1 Å². The van der Waals surface area contributed by atoms with Crippen LogP contribution in [0.2, 0.25) is 0 Å². The van der Waals surface area contributed by atoms with E-state index in [0.29, 0.717) is 4.53 Å². The Hall–Kier alpha value is -3.70. The Morgan fingerprint density at radius 3 is 2.65 bits per heavy atom. The highest BCUT2D eigenvalue weighted by Crippen LogP contribution is 2.41. The first kappa shape index (κ1) is 20.9. The summed E-state index contributed by atoms with van der Waals surface area (Å²) in [7, 11) is 1.67. The predicted octanol–water partition coefficient (Wildman–Crippen LogP) is 4.64. The van der Waals surface area contributed by atoms with Crippen molar-refractivity contribution < 1.29 is 4.74 Å². The van der Waals surface area contributed by atoms with Gasteiger partial charge in [0.15, 0.2) is 4.80 Å². The summed E-state index contributed by atoms with van der Waals surface area (Å²) < 4.78 is 8.05. The topological polar surface area (TPSA) is 43.6 Å². The highest BCUT2D eigenvalue weighted by molar-refractivity contribution is 7.07. The van der Waals surface area contributed by atoms with Gasteiger partial charge in [0, 0.05) is 5.56 Å². The summed E-state index contributed by atoms with van der Waals surface area (Å²) in [6.45, 7) is 2.01. The zero-order chi connectivity index (χ0) is 23.2. The third-order valence-corrected chi connectivity index (χ3v) is 7.70. The molecule has 34 heavy (non-hydrogen) atoms. The molecule has 168 valence electrons. The van der Waals surface area contributed by atoms with Crippen LogP contribution in [0.15, 0.2) is 88.2 Å². The highest BCUT2D eigenvalue weighted by atomic mass is 32.1. The third-order valence-electron chi connectivity index (χ3n) is 6.72. The van der Waals surface area contributed by atoms with E-state index in [9.17, 15) is 4.79 Å². The van der Waals surface area contributed by atoms with E-state index in [4.69, 9.17) is 9.73 Å². The second-order valence-corrected chi connectivity index (χ2v) is 9.76. The van der Waals surface area contributed by atoms with Gasteiger partial charge >= 0.3 is 0 Å². The number of thiazole rings is 1. The van der Waals surface area contributed by atoms with E-state index in [-0.39, 0.29) is 11.6 Å². The van der Waals surface area contributed by atoms with Crippen LogP contribution in [0.3, 0.4) is 0 Å². The van der Waals surface area contributed by atoms with Gasteiger partial charge in [0.25, 0.3) is 5.56 Å². The molecule has 0 spiro atoms. The van der Waals surface area contributed by atoms with Crippen LogP contribution in [0.4, 0.5) is 0 Å². The number of aryl methyl sites for hydroxylation is 2. The molecule has 2 aliphatic rings. The molecule has 0 bridgehead atoms. The second kappa shape index (κ2) is 8.26. The van der Waals surface area contributed by atoms with Crippen molar-refractivity contribution in [2.45, 2.75) is 25.8 Å². The molecule has 4 aromatic rings. The average Bonchev–Trinajstić information content (AvgIpc) is 3.18. The number of allylic oxidation sites excluding steroid dienone is 1. The average molecular weight is 465 g/mol. The summed E-state index contributed by atoms with van der Waals surface area (Å²) in [6.07, 6.45) is 3.81. The summed E-state index contributed by atoms with van der Waals surface area (Å²) in [4.78, 5) is 19.6. The number of hydrogen-bond donors (Lipinski definition) is 0. The van der Waals surface area contributed by atoms with E-state index in [1.807, 2.05) is 54.0 Å². The van der Waals surface area contributed by atoms with Crippen molar-refractivity contribution in [3.05, 3.63) is 126 Å². The quantitative estimate of drug-likeness (QED) is 0.444. The Morgan fingerprint density at radius 1 is 1.03 bits per heavy atom. The molecule has 0 radical (unpaired) electrons. The lowest BCUT2D eigenvalue weighted by molar-refractivity contribution is 0.411. The summed E-state index contributed by atoms with van der Waals surface area (Å²) >= 11 is 1.46. The number of ether oxygens (including phenoxy) is 1. The van der Waals surface area contributed by atoms with Crippen molar-refractivity contribution in [1.82, 2.24) is 4.57 Å². The van der Waals surface area contributed by atoms with E-state index in [2.05, 4.69) is 36.4 Å². The largest absolute Gasteiger partial charge is 0.496 e. The van der Waals surface area contributed by atoms with Crippen molar-refractivity contribution >= 4 is 23.1 Å². The molecule has 0 saturated carbocycles. The predicted molar refractivity (Wildman–Crippen MR) is 137 cm³/mol. The summed E-state index contributed by atoms with van der Waals surface area (Å²) in [5.41, 5.74) is 7.89. The van der Waals surface area contributed by atoms with Crippen LogP contribution in [-0.2, 0) is 6.42 Å². The molecular weight excluding hydrogens is 440 g/mol. The normalized spacial score (nSPS) is 17.0. The van der Waals surface area contributed by atoms with Crippen LogP contribution in [0.1, 0.15) is 40.3 Å². The molecule has 1 aliphatic carbocycles. The lowest BCUT2D eigenvalue weighted by Crippen LogP contribution is -2.38. The summed E-state index contributed by atoms with van der Waals surface area (Å²) in [5, 5.41) is 0. The molecule has 1 aromatic heterocycles. The highest BCUT2D eigenvalue weighted by Gasteiger charge is 2.32. The third kappa shape index (κ3) is 3.35. The van der Waals surface area contributed by atoms with E-state index in [1.54, 1.807) is 7.11 Å². The molecule has 0 N–H and O–H groups in total. The van der Waals surface area contributed by atoms with Crippen molar-refractivity contribution in [2.75, 3.05) is 7.11 Å². The molecule has 1 aliphatic heterocycles. The molecule has 6 rings (SSSR count). The number of methoxy groups -OCH3 is 1. The van der Waals surface area contributed by atoms with Gasteiger partial charge in [0.05, 0.1) is 23.4 Å². The molecule has 0 saturated heterocycles. The Kier molecular flexibility index (Phi) is 5.07. The lowest BCUT2D eigenvalue weighted by atomic mass is 9.83. The zero-order valence-corrected chi connectivity index (χ0v) is 19.9. The van der Waals surface area contributed by atoms with E-state index >= 15 is 0 Å². The van der Waals surface area contributed by atoms with Gasteiger partial charge in [-0.15, -0.1) is 0 Å². The number of hydrogen-bond acceptors (Lipinski definition) is 4. The van der Waals surface area contributed by atoms with Crippen molar-refractivity contribution in [3.63, 3.8) is 0 Å². The van der Waals surface area contributed by atoms with Gasteiger partial charge in [-0.2, -0.15) is 0 Å². The molecule has 4 nitrogen and oxygen atoms in total. The van der Waals surface area contributed by atoms with Crippen LogP contribution in [0.5, 0.6) is 5.75 Å². The fourth-order valence-corrected chi connectivity index (χ4v) is 6.04. The first-order valence-electron chi connectivity index (χ1n) is 11.5. The van der Waals surface area contributed by atoms with Gasteiger partial charge in [-0.05, 0) is 59.7 Å². The number of aromatic nitrogens is 1. The van der Waals surface area contributed by atoms with Gasteiger partial charge in [0.1, 0.15) is 5.75 Å². The Bertz CT molecular complexity index is 1630. The van der Waals surface area contributed by atoms with Crippen LogP contribution in [0.25, 0.3) is 11.8 Å². The Morgan fingerprint density at radius 2 is 1.82 bits per heavy atom. The van der Waals surface area contributed by atoms with Crippen LogP contribution in [-0.4, -0.2) is 11.7 Å². The fourth-order valence-electron chi connectivity index (χ4n) is 5.04. The summed E-state index contributed by atoms with van der Waals surface area (Å²) in [6, 6.07) is 24.7. The van der Waals surface area contributed by atoms with Crippen molar-refractivity contribution in [3.8, 4) is 5.75 Å². The maximum Gasteiger partial charge on any atom is 0.271 e. The minimum absolute atomic E-state index is 0.00236. The molecule has 2 heterocycles. The van der Waals surface area contributed by atoms with E-state index in [0.717, 1.165) is 45.8 Å². The zero-order valence-electron chi connectivity index (χ0n) is 19.1.